The van der Waals surface area contributed by atoms with E-state index in [2.05, 4.69) is 13.5 Å². The molecule has 1 saturated heterocycles. The zero-order valence-electron chi connectivity index (χ0n) is 9.26. The molecule has 1 unspecified atom stereocenters. The lowest BCUT2D eigenvalue weighted by Crippen LogP contribution is -2.38. The molecule has 82 valence electrons. The highest BCUT2D eigenvalue weighted by atomic mass is 16.5. The first-order valence-corrected chi connectivity index (χ1v) is 5.69. The Hall–Kier alpha value is -0.500. The highest BCUT2D eigenvalue weighted by Gasteiger charge is 2.30. The van der Waals surface area contributed by atoms with Crippen LogP contribution in [0.25, 0.3) is 0 Å². The third-order valence-corrected chi connectivity index (χ3v) is 3.04. The van der Waals surface area contributed by atoms with Gasteiger partial charge in [0.15, 0.2) is 0 Å². The van der Waals surface area contributed by atoms with Crippen molar-refractivity contribution in [3.05, 3.63) is 12.8 Å². The van der Waals surface area contributed by atoms with E-state index in [4.69, 9.17) is 9.47 Å². The largest absolute Gasteiger partial charge is 0.499 e. The zero-order valence-corrected chi connectivity index (χ0v) is 9.26. The van der Waals surface area contributed by atoms with Crippen LogP contribution in [-0.2, 0) is 9.47 Å². The van der Waals surface area contributed by atoms with Crippen LogP contribution < -0.4 is 0 Å². The van der Waals surface area contributed by atoms with Gasteiger partial charge >= 0.3 is 0 Å². The van der Waals surface area contributed by atoms with E-state index in [-0.39, 0.29) is 5.60 Å². The van der Waals surface area contributed by atoms with Crippen molar-refractivity contribution in [1.29, 1.82) is 0 Å². The molecule has 0 bridgehead atoms. The average Bonchev–Trinajstić information content (AvgIpc) is 2.18. The monoisotopic (exact) mass is 198 g/mol. The Morgan fingerprint density at radius 2 is 2.14 bits per heavy atom. The number of rotatable bonds is 4. The molecule has 1 atom stereocenters. The van der Waals surface area contributed by atoms with Gasteiger partial charge in [-0.15, -0.1) is 0 Å². The normalized spacial score (nSPS) is 28.9. The minimum atomic E-state index is -0.0470. The summed E-state index contributed by atoms with van der Waals surface area (Å²) in [6, 6.07) is 0. The first kappa shape index (κ1) is 11.6. The third-order valence-electron chi connectivity index (χ3n) is 3.04. The van der Waals surface area contributed by atoms with Gasteiger partial charge in [0.05, 0.1) is 6.26 Å². The van der Waals surface area contributed by atoms with Gasteiger partial charge in [-0.3, -0.25) is 0 Å². The van der Waals surface area contributed by atoms with Gasteiger partial charge in [-0.2, -0.15) is 0 Å². The summed E-state index contributed by atoms with van der Waals surface area (Å²) in [5, 5.41) is 0. The minimum absolute atomic E-state index is 0.0470. The lowest BCUT2D eigenvalue weighted by molar-refractivity contribution is -0.0964. The second-order valence-electron chi connectivity index (χ2n) is 4.03. The quantitative estimate of drug-likeness (QED) is 0.645. The van der Waals surface area contributed by atoms with Crippen molar-refractivity contribution >= 4 is 0 Å². The standard InChI is InChI=1S/C12H22O2/c1-3-12(11-13-4-2)9-7-5-6-8-10-14-12/h4H,2-3,5-11H2,1H3. The Morgan fingerprint density at radius 3 is 2.86 bits per heavy atom. The molecule has 1 aliphatic rings. The molecule has 14 heavy (non-hydrogen) atoms. The van der Waals surface area contributed by atoms with E-state index in [1.165, 1.54) is 31.9 Å². The number of hydrogen-bond donors (Lipinski definition) is 0. The third kappa shape index (κ3) is 3.33. The van der Waals surface area contributed by atoms with E-state index >= 15 is 0 Å². The molecule has 0 saturated carbocycles. The Bertz CT molecular complexity index is 158. The van der Waals surface area contributed by atoms with Crippen LogP contribution in [0.3, 0.4) is 0 Å². The van der Waals surface area contributed by atoms with Crippen LogP contribution >= 0.6 is 0 Å². The maximum atomic E-state index is 5.95. The van der Waals surface area contributed by atoms with Gasteiger partial charge < -0.3 is 9.47 Å². The first-order valence-electron chi connectivity index (χ1n) is 5.69. The van der Waals surface area contributed by atoms with Crippen molar-refractivity contribution in [2.75, 3.05) is 13.2 Å². The predicted molar refractivity (Wildman–Crippen MR) is 58.2 cm³/mol. The van der Waals surface area contributed by atoms with Gasteiger partial charge in [0.25, 0.3) is 0 Å². The second-order valence-corrected chi connectivity index (χ2v) is 4.03. The molecule has 0 amide bonds. The Balaban J connectivity index is 2.48. The van der Waals surface area contributed by atoms with E-state index in [0.29, 0.717) is 6.61 Å². The Labute approximate surface area is 87.3 Å². The van der Waals surface area contributed by atoms with Gasteiger partial charge in [0.1, 0.15) is 12.2 Å². The molecular formula is C12H22O2. The molecule has 0 aromatic heterocycles. The van der Waals surface area contributed by atoms with Crippen LogP contribution in [0.5, 0.6) is 0 Å². The fourth-order valence-electron chi connectivity index (χ4n) is 1.97. The van der Waals surface area contributed by atoms with E-state index < -0.39 is 0 Å². The summed E-state index contributed by atoms with van der Waals surface area (Å²) < 4.78 is 11.3. The van der Waals surface area contributed by atoms with Crippen LogP contribution in [0.1, 0.15) is 45.4 Å². The summed E-state index contributed by atoms with van der Waals surface area (Å²) in [4.78, 5) is 0. The van der Waals surface area contributed by atoms with Crippen molar-refractivity contribution in [3.63, 3.8) is 0 Å². The van der Waals surface area contributed by atoms with Crippen LogP contribution in [0.4, 0.5) is 0 Å². The fraction of sp³-hybridized carbons (Fsp3) is 0.833. The molecular weight excluding hydrogens is 176 g/mol. The zero-order chi connectivity index (χ0) is 10.3. The van der Waals surface area contributed by atoms with Crippen molar-refractivity contribution in [2.24, 2.45) is 0 Å². The molecule has 2 heteroatoms. The van der Waals surface area contributed by atoms with Crippen molar-refractivity contribution in [1.82, 2.24) is 0 Å². The van der Waals surface area contributed by atoms with E-state index in [0.717, 1.165) is 19.4 Å². The molecule has 1 heterocycles. The van der Waals surface area contributed by atoms with Crippen LogP contribution in [0.2, 0.25) is 0 Å². The summed E-state index contributed by atoms with van der Waals surface area (Å²) in [6.45, 7) is 7.29. The molecule has 1 aliphatic heterocycles. The molecule has 1 fully saturated rings. The fourth-order valence-corrected chi connectivity index (χ4v) is 1.97. The lowest BCUT2D eigenvalue weighted by atomic mass is 9.92. The highest BCUT2D eigenvalue weighted by Crippen LogP contribution is 2.27. The molecule has 0 aromatic rings. The molecule has 0 aliphatic carbocycles. The molecule has 2 nitrogen and oxygen atoms in total. The second kappa shape index (κ2) is 6.07. The molecule has 0 N–H and O–H groups in total. The highest BCUT2D eigenvalue weighted by molar-refractivity contribution is 4.81. The van der Waals surface area contributed by atoms with Crippen LogP contribution in [-0.4, -0.2) is 18.8 Å². The van der Waals surface area contributed by atoms with E-state index in [1.807, 2.05) is 0 Å². The van der Waals surface area contributed by atoms with Crippen molar-refractivity contribution < 1.29 is 9.47 Å². The molecule has 0 spiro atoms. The minimum Gasteiger partial charge on any atom is -0.499 e. The average molecular weight is 198 g/mol. The van der Waals surface area contributed by atoms with Gasteiger partial charge in [-0.1, -0.05) is 32.8 Å². The number of ether oxygens (including phenoxy) is 2. The predicted octanol–water partition coefficient (Wildman–Crippen LogP) is 3.28. The smallest absolute Gasteiger partial charge is 0.116 e. The molecule has 0 radical (unpaired) electrons. The SMILES string of the molecule is C=COCC1(CC)CCCCCCO1. The maximum absolute atomic E-state index is 5.95. The van der Waals surface area contributed by atoms with Gasteiger partial charge in [0, 0.05) is 6.61 Å². The summed E-state index contributed by atoms with van der Waals surface area (Å²) in [5.41, 5.74) is -0.0470. The Kier molecular flexibility index (Phi) is 5.02. The maximum Gasteiger partial charge on any atom is 0.116 e. The van der Waals surface area contributed by atoms with Crippen molar-refractivity contribution in [3.8, 4) is 0 Å². The van der Waals surface area contributed by atoms with Gasteiger partial charge in [-0.05, 0) is 19.3 Å². The number of hydrogen-bond acceptors (Lipinski definition) is 2. The molecule has 0 aromatic carbocycles. The summed E-state index contributed by atoms with van der Waals surface area (Å²) in [7, 11) is 0. The first-order chi connectivity index (χ1) is 6.83. The lowest BCUT2D eigenvalue weighted by Gasteiger charge is -2.33. The van der Waals surface area contributed by atoms with Gasteiger partial charge in [-0.25, -0.2) is 0 Å². The van der Waals surface area contributed by atoms with E-state index in [1.54, 1.807) is 0 Å². The summed E-state index contributed by atoms with van der Waals surface area (Å²) in [5.74, 6) is 0. The van der Waals surface area contributed by atoms with E-state index in [9.17, 15) is 0 Å². The van der Waals surface area contributed by atoms with Gasteiger partial charge in [0.2, 0.25) is 0 Å². The van der Waals surface area contributed by atoms with Crippen molar-refractivity contribution in [2.45, 2.75) is 51.0 Å². The molecule has 1 rings (SSSR count). The summed E-state index contributed by atoms with van der Waals surface area (Å²) in [6.07, 6.45) is 8.75. The Morgan fingerprint density at radius 1 is 1.36 bits per heavy atom. The van der Waals surface area contributed by atoms with Crippen LogP contribution in [0, 0.1) is 0 Å². The summed E-state index contributed by atoms with van der Waals surface area (Å²) >= 11 is 0. The topological polar surface area (TPSA) is 18.5 Å². The van der Waals surface area contributed by atoms with Crippen LogP contribution in [0.15, 0.2) is 12.8 Å².